The van der Waals surface area contributed by atoms with Gasteiger partial charge in [-0.2, -0.15) is 0 Å². The van der Waals surface area contributed by atoms with Crippen LogP contribution in [-0.4, -0.2) is 6.54 Å². The Bertz CT molecular complexity index is 365. The molecule has 0 spiro atoms. The molecular formula is C19H35N. The summed E-state index contributed by atoms with van der Waals surface area (Å²) in [5, 5.41) is 0. The van der Waals surface area contributed by atoms with Crippen LogP contribution < -0.4 is 5.73 Å². The molecule has 5 unspecified atom stereocenters. The van der Waals surface area contributed by atoms with Crippen molar-refractivity contribution in [1.29, 1.82) is 0 Å². The van der Waals surface area contributed by atoms with Crippen molar-refractivity contribution < 1.29 is 0 Å². The third kappa shape index (κ3) is 2.45. The summed E-state index contributed by atoms with van der Waals surface area (Å²) in [7, 11) is 0. The van der Waals surface area contributed by atoms with E-state index in [0.717, 1.165) is 18.4 Å². The molecule has 116 valence electrons. The first-order valence-electron chi connectivity index (χ1n) is 9.09. The number of hydrogen-bond donors (Lipinski definition) is 1. The Morgan fingerprint density at radius 3 is 2.35 bits per heavy atom. The highest BCUT2D eigenvalue weighted by Crippen LogP contribution is 2.60. The molecule has 3 rings (SSSR count). The molecule has 0 aromatic heterocycles. The highest BCUT2D eigenvalue weighted by atomic mass is 14.6. The minimum absolute atomic E-state index is 0.521. The van der Waals surface area contributed by atoms with Gasteiger partial charge in [0.05, 0.1) is 0 Å². The van der Waals surface area contributed by atoms with Crippen LogP contribution in [0.1, 0.15) is 85.0 Å². The van der Waals surface area contributed by atoms with Gasteiger partial charge in [0.25, 0.3) is 0 Å². The van der Waals surface area contributed by atoms with Crippen molar-refractivity contribution >= 4 is 0 Å². The normalized spacial score (nSPS) is 52.8. The van der Waals surface area contributed by atoms with E-state index in [0.29, 0.717) is 16.2 Å². The zero-order valence-electron chi connectivity index (χ0n) is 14.0. The minimum atomic E-state index is 0.521. The SMILES string of the molecule is CC12CCC3CCC(CN)C(C)(CCCC3(C)C1)CC2. The maximum Gasteiger partial charge on any atom is -0.00437 e. The van der Waals surface area contributed by atoms with Gasteiger partial charge >= 0.3 is 0 Å². The van der Waals surface area contributed by atoms with E-state index in [1.807, 2.05) is 0 Å². The molecule has 3 aliphatic rings. The summed E-state index contributed by atoms with van der Waals surface area (Å²) in [6, 6.07) is 0. The Balaban J connectivity index is 1.99. The van der Waals surface area contributed by atoms with Gasteiger partial charge in [0.15, 0.2) is 0 Å². The molecule has 1 nitrogen and oxygen atoms in total. The summed E-state index contributed by atoms with van der Waals surface area (Å²) in [4.78, 5) is 0. The Labute approximate surface area is 126 Å². The largest absolute Gasteiger partial charge is 0.330 e. The van der Waals surface area contributed by atoms with Crippen LogP contribution in [0.15, 0.2) is 0 Å². The van der Waals surface area contributed by atoms with Gasteiger partial charge in [-0.3, -0.25) is 0 Å². The van der Waals surface area contributed by atoms with Crippen molar-refractivity contribution in [3.05, 3.63) is 0 Å². The summed E-state index contributed by atoms with van der Waals surface area (Å²) in [5.41, 5.74) is 7.96. The summed E-state index contributed by atoms with van der Waals surface area (Å²) in [5.74, 6) is 1.75. The molecule has 0 radical (unpaired) electrons. The molecule has 1 heteroatoms. The second-order valence-electron chi connectivity index (χ2n) is 9.39. The van der Waals surface area contributed by atoms with Gasteiger partial charge in [-0.15, -0.1) is 0 Å². The smallest absolute Gasteiger partial charge is 0.00437 e. The summed E-state index contributed by atoms with van der Waals surface area (Å²) < 4.78 is 0. The monoisotopic (exact) mass is 277 g/mol. The molecule has 0 aromatic carbocycles. The average molecular weight is 277 g/mol. The van der Waals surface area contributed by atoms with Crippen LogP contribution in [0, 0.1) is 28.1 Å². The van der Waals surface area contributed by atoms with E-state index in [9.17, 15) is 0 Å². The third-order valence-corrected chi connectivity index (χ3v) is 7.84. The molecule has 0 aromatic rings. The van der Waals surface area contributed by atoms with Gasteiger partial charge in [0, 0.05) is 0 Å². The van der Waals surface area contributed by atoms with E-state index in [1.165, 1.54) is 64.2 Å². The molecule has 0 amide bonds. The highest BCUT2D eigenvalue weighted by Gasteiger charge is 2.49. The van der Waals surface area contributed by atoms with Gasteiger partial charge < -0.3 is 5.73 Å². The van der Waals surface area contributed by atoms with Gasteiger partial charge in [-0.25, -0.2) is 0 Å². The fraction of sp³-hybridized carbons (Fsp3) is 1.00. The molecular weight excluding hydrogens is 242 g/mol. The van der Waals surface area contributed by atoms with E-state index in [1.54, 1.807) is 0 Å². The molecule has 3 fully saturated rings. The Hall–Kier alpha value is -0.0400. The molecule has 3 aliphatic carbocycles. The Morgan fingerprint density at radius 2 is 1.60 bits per heavy atom. The van der Waals surface area contributed by atoms with Crippen LogP contribution in [-0.2, 0) is 0 Å². The number of rotatable bonds is 1. The van der Waals surface area contributed by atoms with Gasteiger partial charge in [-0.05, 0) is 92.4 Å². The fourth-order valence-electron chi connectivity index (χ4n) is 6.25. The third-order valence-electron chi connectivity index (χ3n) is 7.84. The number of nitrogens with two attached hydrogens (primary N) is 1. The Morgan fingerprint density at radius 1 is 0.850 bits per heavy atom. The highest BCUT2D eigenvalue weighted by molar-refractivity contribution is 5.00. The predicted octanol–water partition coefficient (Wildman–Crippen LogP) is 5.14. The van der Waals surface area contributed by atoms with Crippen LogP contribution in [0.25, 0.3) is 0 Å². The molecule has 20 heavy (non-hydrogen) atoms. The number of hydrogen-bond acceptors (Lipinski definition) is 1. The van der Waals surface area contributed by atoms with Crippen molar-refractivity contribution in [3.8, 4) is 0 Å². The first-order chi connectivity index (χ1) is 9.39. The van der Waals surface area contributed by atoms with Gasteiger partial charge in [0.2, 0.25) is 0 Å². The van der Waals surface area contributed by atoms with Crippen molar-refractivity contribution in [2.45, 2.75) is 85.0 Å². The van der Waals surface area contributed by atoms with E-state index >= 15 is 0 Å². The summed E-state index contributed by atoms with van der Waals surface area (Å²) >= 11 is 0. The zero-order valence-corrected chi connectivity index (χ0v) is 14.0. The standard InChI is InChI=1S/C19H35N/c1-17-10-7-15-5-6-16(13-20)18(2,12-11-17)8-4-9-19(15,3)14-17/h15-16H,4-14,20H2,1-3H3. The second-order valence-corrected chi connectivity index (χ2v) is 9.39. The molecule has 3 saturated carbocycles. The lowest BCUT2D eigenvalue weighted by molar-refractivity contribution is -0.00659. The summed E-state index contributed by atoms with van der Waals surface area (Å²) in [6.07, 6.45) is 14.5. The lowest BCUT2D eigenvalue weighted by Gasteiger charge is -2.51. The molecule has 0 aliphatic heterocycles. The van der Waals surface area contributed by atoms with Crippen LogP contribution in [0.2, 0.25) is 0 Å². The maximum atomic E-state index is 6.20. The topological polar surface area (TPSA) is 26.0 Å². The predicted molar refractivity (Wildman–Crippen MR) is 86.5 cm³/mol. The fourth-order valence-corrected chi connectivity index (χ4v) is 6.25. The lowest BCUT2D eigenvalue weighted by atomic mass is 9.54. The zero-order chi connectivity index (χ0) is 14.4. The van der Waals surface area contributed by atoms with Crippen LogP contribution in [0.4, 0.5) is 0 Å². The lowest BCUT2D eigenvalue weighted by Crippen LogP contribution is -2.42. The first kappa shape index (κ1) is 14.9. The van der Waals surface area contributed by atoms with E-state index in [4.69, 9.17) is 5.73 Å². The van der Waals surface area contributed by atoms with E-state index < -0.39 is 0 Å². The molecule has 2 N–H and O–H groups in total. The van der Waals surface area contributed by atoms with E-state index in [-0.39, 0.29) is 0 Å². The number of fused-ring (bicyclic) bond motifs is 4. The van der Waals surface area contributed by atoms with Gasteiger partial charge in [0.1, 0.15) is 0 Å². The molecule has 0 saturated heterocycles. The van der Waals surface area contributed by atoms with Crippen molar-refractivity contribution in [1.82, 2.24) is 0 Å². The van der Waals surface area contributed by atoms with Gasteiger partial charge in [-0.1, -0.05) is 27.2 Å². The van der Waals surface area contributed by atoms with Crippen molar-refractivity contribution in [2.24, 2.45) is 33.8 Å². The maximum absolute atomic E-state index is 6.20. The van der Waals surface area contributed by atoms with Crippen LogP contribution in [0.3, 0.4) is 0 Å². The molecule has 5 atom stereocenters. The minimum Gasteiger partial charge on any atom is -0.330 e. The average Bonchev–Trinajstić information content (AvgIpc) is 2.46. The Kier molecular flexibility index (Phi) is 3.72. The van der Waals surface area contributed by atoms with E-state index in [2.05, 4.69) is 20.8 Å². The molecule has 3 bridgehead atoms. The van der Waals surface area contributed by atoms with Crippen molar-refractivity contribution in [2.75, 3.05) is 6.54 Å². The first-order valence-corrected chi connectivity index (χ1v) is 9.09. The van der Waals surface area contributed by atoms with Crippen LogP contribution in [0.5, 0.6) is 0 Å². The quantitative estimate of drug-likeness (QED) is 0.705. The summed E-state index contributed by atoms with van der Waals surface area (Å²) in [6.45, 7) is 8.69. The second kappa shape index (κ2) is 5.00. The van der Waals surface area contributed by atoms with Crippen LogP contribution >= 0.6 is 0 Å². The van der Waals surface area contributed by atoms with Crippen molar-refractivity contribution in [3.63, 3.8) is 0 Å². The molecule has 0 heterocycles.